The lowest BCUT2D eigenvalue weighted by atomic mass is 10.2. The van der Waals surface area contributed by atoms with Crippen molar-refractivity contribution in [1.29, 1.82) is 0 Å². The number of benzene rings is 1. The summed E-state index contributed by atoms with van der Waals surface area (Å²) in [7, 11) is 0. The van der Waals surface area contributed by atoms with Crippen LogP contribution < -0.4 is 10.6 Å². The van der Waals surface area contributed by atoms with Gasteiger partial charge >= 0.3 is 0 Å². The second kappa shape index (κ2) is 6.36. The van der Waals surface area contributed by atoms with Crippen LogP contribution in [0.4, 0.5) is 0 Å². The van der Waals surface area contributed by atoms with Crippen molar-refractivity contribution >= 4 is 5.91 Å². The number of nitrogens with zero attached hydrogens (tertiary/aromatic N) is 1. The van der Waals surface area contributed by atoms with Crippen molar-refractivity contribution in [2.75, 3.05) is 13.1 Å². The maximum Gasteiger partial charge on any atom is 0.253 e. The fraction of sp³-hybridized carbons (Fsp3) is 0.389. The van der Waals surface area contributed by atoms with E-state index in [1.54, 1.807) is 0 Å². The fourth-order valence-corrected chi connectivity index (χ4v) is 3.21. The molecular weight excluding hydrogens is 274 g/mol. The van der Waals surface area contributed by atoms with E-state index in [9.17, 15) is 4.79 Å². The first-order valence-electron chi connectivity index (χ1n) is 7.93. The molecule has 0 spiro atoms. The van der Waals surface area contributed by atoms with E-state index in [2.05, 4.69) is 27.3 Å². The summed E-state index contributed by atoms with van der Waals surface area (Å²) in [5.74, 6) is 0.0176. The van der Waals surface area contributed by atoms with E-state index in [0.29, 0.717) is 12.6 Å². The Kier molecular flexibility index (Phi) is 4.29. The highest BCUT2D eigenvalue weighted by atomic mass is 16.1. The van der Waals surface area contributed by atoms with Crippen molar-refractivity contribution in [1.82, 2.24) is 15.2 Å². The molecule has 1 atom stereocenters. The third-order valence-electron chi connectivity index (χ3n) is 4.36. The Hall–Kier alpha value is -2.07. The Morgan fingerprint density at radius 1 is 1.32 bits per heavy atom. The van der Waals surface area contributed by atoms with Gasteiger partial charge in [-0.2, -0.15) is 0 Å². The summed E-state index contributed by atoms with van der Waals surface area (Å²) < 4.78 is 2.13. The van der Waals surface area contributed by atoms with Crippen LogP contribution in [0.25, 0.3) is 5.69 Å². The van der Waals surface area contributed by atoms with E-state index >= 15 is 0 Å². The first kappa shape index (κ1) is 14.9. The Labute approximate surface area is 131 Å². The zero-order valence-electron chi connectivity index (χ0n) is 13.2. The number of hydrogen-bond donors (Lipinski definition) is 2. The predicted molar refractivity (Wildman–Crippen MR) is 88.6 cm³/mol. The summed E-state index contributed by atoms with van der Waals surface area (Å²) in [6, 6.07) is 12.5. The van der Waals surface area contributed by atoms with Crippen LogP contribution in [0.5, 0.6) is 0 Å². The molecule has 0 saturated carbocycles. The molecule has 1 saturated heterocycles. The van der Waals surface area contributed by atoms with Gasteiger partial charge in [0.15, 0.2) is 0 Å². The van der Waals surface area contributed by atoms with Gasteiger partial charge in [-0.3, -0.25) is 4.79 Å². The first-order chi connectivity index (χ1) is 10.7. The van der Waals surface area contributed by atoms with Gasteiger partial charge in [-0.05, 0) is 51.4 Å². The average molecular weight is 297 g/mol. The van der Waals surface area contributed by atoms with Crippen molar-refractivity contribution in [3.8, 4) is 5.69 Å². The molecule has 116 valence electrons. The van der Waals surface area contributed by atoms with Crippen LogP contribution in [0.2, 0.25) is 0 Å². The number of amides is 1. The van der Waals surface area contributed by atoms with E-state index in [0.717, 1.165) is 35.6 Å². The number of para-hydroxylation sites is 1. The Morgan fingerprint density at radius 2 is 2.09 bits per heavy atom. The number of rotatable bonds is 4. The standard InChI is InChI=1S/C18H23N3O/c1-13-11-17(18(22)20-12-15-7-6-10-19-15)14(2)21(13)16-8-4-3-5-9-16/h3-5,8-9,11,15,19H,6-7,10,12H2,1-2H3,(H,20,22)/t15-/m1/s1. The zero-order chi connectivity index (χ0) is 15.5. The first-order valence-corrected chi connectivity index (χ1v) is 7.93. The minimum atomic E-state index is 0.0176. The third-order valence-corrected chi connectivity index (χ3v) is 4.36. The summed E-state index contributed by atoms with van der Waals surface area (Å²) in [6.07, 6.45) is 2.34. The van der Waals surface area contributed by atoms with Crippen LogP contribution >= 0.6 is 0 Å². The highest BCUT2D eigenvalue weighted by Crippen LogP contribution is 2.20. The number of aryl methyl sites for hydroxylation is 1. The Balaban J connectivity index is 1.78. The molecule has 2 aromatic rings. The summed E-state index contributed by atoms with van der Waals surface area (Å²) in [5, 5.41) is 6.46. The molecule has 0 radical (unpaired) electrons. The van der Waals surface area contributed by atoms with E-state index in [1.807, 2.05) is 38.1 Å². The number of aromatic nitrogens is 1. The average Bonchev–Trinajstić information content (AvgIpc) is 3.14. The molecule has 22 heavy (non-hydrogen) atoms. The van der Waals surface area contributed by atoms with Gasteiger partial charge in [0.25, 0.3) is 5.91 Å². The minimum Gasteiger partial charge on any atom is -0.350 e. The van der Waals surface area contributed by atoms with Gasteiger partial charge in [-0.15, -0.1) is 0 Å². The molecule has 2 N–H and O–H groups in total. The highest BCUT2D eigenvalue weighted by Gasteiger charge is 2.19. The number of carbonyl (C=O) groups is 1. The highest BCUT2D eigenvalue weighted by molar-refractivity contribution is 5.95. The molecule has 1 aromatic heterocycles. The number of hydrogen-bond acceptors (Lipinski definition) is 2. The van der Waals surface area contributed by atoms with Gasteiger partial charge in [0.1, 0.15) is 0 Å². The second-order valence-corrected chi connectivity index (χ2v) is 5.96. The van der Waals surface area contributed by atoms with E-state index < -0.39 is 0 Å². The van der Waals surface area contributed by atoms with Gasteiger partial charge in [-0.1, -0.05) is 18.2 Å². The summed E-state index contributed by atoms with van der Waals surface area (Å²) in [6.45, 7) is 5.80. The van der Waals surface area contributed by atoms with Crippen molar-refractivity contribution in [3.05, 3.63) is 53.3 Å². The molecule has 0 bridgehead atoms. The lowest BCUT2D eigenvalue weighted by molar-refractivity contribution is 0.0949. The van der Waals surface area contributed by atoms with Crippen LogP contribution in [0.15, 0.2) is 36.4 Å². The molecule has 4 nitrogen and oxygen atoms in total. The molecule has 2 heterocycles. The molecule has 1 fully saturated rings. The van der Waals surface area contributed by atoms with Crippen LogP contribution in [0, 0.1) is 13.8 Å². The van der Waals surface area contributed by atoms with Crippen molar-refractivity contribution in [2.45, 2.75) is 32.7 Å². The van der Waals surface area contributed by atoms with Gasteiger partial charge in [0.05, 0.1) is 5.56 Å². The Morgan fingerprint density at radius 3 is 2.77 bits per heavy atom. The molecule has 0 unspecified atom stereocenters. The minimum absolute atomic E-state index is 0.0176. The smallest absolute Gasteiger partial charge is 0.253 e. The second-order valence-electron chi connectivity index (χ2n) is 5.96. The fourth-order valence-electron chi connectivity index (χ4n) is 3.21. The molecule has 1 aliphatic heterocycles. The molecular formula is C18H23N3O. The third kappa shape index (κ3) is 2.92. The molecule has 1 aliphatic rings. The molecule has 1 aromatic carbocycles. The normalized spacial score (nSPS) is 17.6. The largest absolute Gasteiger partial charge is 0.350 e. The lowest BCUT2D eigenvalue weighted by Crippen LogP contribution is -2.37. The number of carbonyl (C=O) groups excluding carboxylic acids is 1. The van der Waals surface area contributed by atoms with Crippen LogP contribution in [-0.4, -0.2) is 29.6 Å². The van der Waals surface area contributed by atoms with Gasteiger partial charge < -0.3 is 15.2 Å². The predicted octanol–water partition coefficient (Wildman–Crippen LogP) is 2.58. The van der Waals surface area contributed by atoms with Crippen molar-refractivity contribution in [3.63, 3.8) is 0 Å². The maximum atomic E-state index is 12.5. The molecule has 1 amide bonds. The summed E-state index contributed by atoms with van der Waals surface area (Å²) >= 11 is 0. The van der Waals surface area contributed by atoms with Crippen LogP contribution in [-0.2, 0) is 0 Å². The van der Waals surface area contributed by atoms with Crippen LogP contribution in [0.3, 0.4) is 0 Å². The van der Waals surface area contributed by atoms with Crippen molar-refractivity contribution in [2.24, 2.45) is 0 Å². The topological polar surface area (TPSA) is 46.1 Å². The van der Waals surface area contributed by atoms with Gasteiger partial charge in [0.2, 0.25) is 0 Å². The Bertz CT molecular complexity index is 654. The molecule has 0 aliphatic carbocycles. The summed E-state index contributed by atoms with van der Waals surface area (Å²) in [4.78, 5) is 12.5. The van der Waals surface area contributed by atoms with E-state index in [1.165, 1.54) is 6.42 Å². The SMILES string of the molecule is Cc1cc(C(=O)NC[C@H]2CCCN2)c(C)n1-c1ccccc1. The van der Waals surface area contributed by atoms with Crippen LogP contribution in [0.1, 0.15) is 34.6 Å². The van der Waals surface area contributed by atoms with Crippen molar-refractivity contribution < 1.29 is 4.79 Å². The lowest BCUT2D eigenvalue weighted by Gasteiger charge is -2.12. The number of nitrogens with one attached hydrogen (secondary N) is 2. The van der Waals surface area contributed by atoms with Gasteiger partial charge in [-0.25, -0.2) is 0 Å². The monoisotopic (exact) mass is 297 g/mol. The van der Waals surface area contributed by atoms with E-state index in [4.69, 9.17) is 0 Å². The zero-order valence-corrected chi connectivity index (χ0v) is 13.2. The van der Waals surface area contributed by atoms with Gasteiger partial charge in [0, 0.05) is 29.7 Å². The quantitative estimate of drug-likeness (QED) is 0.911. The maximum absolute atomic E-state index is 12.5. The molecule has 4 heteroatoms. The van der Waals surface area contributed by atoms with E-state index in [-0.39, 0.29) is 5.91 Å². The molecule has 3 rings (SSSR count). The summed E-state index contributed by atoms with van der Waals surface area (Å²) in [5.41, 5.74) is 3.92.